The molecule has 0 spiro atoms. The first kappa shape index (κ1) is 11.7. The van der Waals surface area contributed by atoms with E-state index >= 15 is 0 Å². The van der Waals surface area contributed by atoms with Gasteiger partial charge in [0.15, 0.2) is 0 Å². The van der Waals surface area contributed by atoms with Crippen molar-refractivity contribution in [3.63, 3.8) is 0 Å². The Balaban J connectivity index is 2.25. The van der Waals surface area contributed by atoms with Crippen LogP contribution in [0.1, 0.15) is 30.5 Å². The summed E-state index contributed by atoms with van der Waals surface area (Å²) in [6.07, 6.45) is 0.801. The van der Waals surface area contributed by atoms with Gasteiger partial charge in [0.1, 0.15) is 5.75 Å². The lowest BCUT2D eigenvalue weighted by atomic mass is 9.98. The Bertz CT molecular complexity index is 465. The Hall–Kier alpha value is -1.77. The number of hydrogen-bond donors (Lipinski definition) is 1. The fraction of sp³-hybridized carbons (Fsp3) is 0.357. The average Bonchev–Trinajstić information content (AvgIpc) is 2.29. The minimum absolute atomic E-state index is 0.0304. The highest BCUT2D eigenvalue weighted by Crippen LogP contribution is 2.32. The number of ether oxygens (including phenoxy) is 1. The van der Waals surface area contributed by atoms with Gasteiger partial charge in [0.2, 0.25) is 5.91 Å². The fourth-order valence-electron chi connectivity index (χ4n) is 1.95. The van der Waals surface area contributed by atoms with Crippen LogP contribution in [0, 0.1) is 6.92 Å². The second kappa shape index (κ2) is 4.62. The minimum atomic E-state index is -0.0932. The molecule has 0 fully saturated rings. The van der Waals surface area contributed by atoms with E-state index in [4.69, 9.17) is 4.74 Å². The van der Waals surface area contributed by atoms with Gasteiger partial charge in [0.05, 0.1) is 12.6 Å². The van der Waals surface area contributed by atoms with Crippen LogP contribution in [-0.4, -0.2) is 12.5 Å². The molecule has 1 atom stereocenters. The van der Waals surface area contributed by atoms with Gasteiger partial charge in [-0.05, 0) is 19.9 Å². The van der Waals surface area contributed by atoms with E-state index in [0.29, 0.717) is 12.2 Å². The maximum atomic E-state index is 11.7. The van der Waals surface area contributed by atoms with Crippen LogP contribution in [0.15, 0.2) is 30.4 Å². The lowest BCUT2D eigenvalue weighted by Gasteiger charge is -2.27. The van der Waals surface area contributed by atoms with Crippen molar-refractivity contribution in [1.82, 2.24) is 5.32 Å². The Labute approximate surface area is 101 Å². The maximum Gasteiger partial charge on any atom is 0.246 e. The molecule has 0 saturated heterocycles. The highest BCUT2D eigenvalue weighted by Gasteiger charge is 2.23. The Morgan fingerprint density at radius 2 is 2.29 bits per heavy atom. The van der Waals surface area contributed by atoms with Crippen molar-refractivity contribution < 1.29 is 9.53 Å². The lowest BCUT2D eigenvalue weighted by molar-refractivity contribution is -0.118. The van der Waals surface area contributed by atoms with Crippen molar-refractivity contribution in [2.75, 3.05) is 6.61 Å². The lowest BCUT2D eigenvalue weighted by Crippen LogP contribution is -2.32. The monoisotopic (exact) mass is 231 g/mol. The molecule has 17 heavy (non-hydrogen) atoms. The van der Waals surface area contributed by atoms with Crippen LogP contribution < -0.4 is 10.1 Å². The molecule has 1 amide bonds. The van der Waals surface area contributed by atoms with Crippen molar-refractivity contribution in [2.45, 2.75) is 26.3 Å². The number of carbonyl (C=O) groups excluding carboxylic acids is 1. The number of hydrogen-bond acceptors (Lipinski definition) is 2. The number of aryl methyl sites for hydroxylation is 1. The van der Waals surface area contributed by atoms with Gasteiger partial charge in [-0.25, -0.2) is 0 Å². The van der Waals surface area contributed by atoms with Crippen molar-refractivity contribution in [1.29, 1.82) is 0 Å². The molecule has 0 radical (unpaired) electrons. The van der Waals surface area contributed by atoms with Crippen LogP contribution >= 0.6 is 0 Å². The summed E-state index contributed by atoms with van der Waals surface area (Å²) >= 11 is 0. The average molecular weight is 231 g/mol. The van der Waals surface area contributed by atoms with Crippen LogP contribution in [-0.2, 0) is 4.79 Å². The molecule has 2 rings (SSSR count). The van der Waals surface area contributed by atoms with Gasteiger partial charge in [-0.3, -0.25) is 4.79 Å². The number of rotatable bonds is 2. The molecule has 1 aliphatic heterocycles. The standard InChI is InChI=1S/C14H17NO2/c1-9(2)14(16)15-12-6-7-17-13-5-4-10(3)8-11(12)13/h4-5,8,12H,1,6-7H2,2-3H3,(H,15,16). The van der Waals surface area contributed by atoms with Crippen LogP contribution in [0.3, 0.4) is 0 Å². The SMILES string of the molecule is C=C(C)C(=O)NC1CCOc2ccc(C)cc21. The smallest absolute Gasteiger partial charge is 0.246 e. The first-order valence-corrected chi connectivity index (χ1v) is 5.77. The molecule has 1 unspecified atom stereocenters. The molecule has 3 nitrogen and oxygen atoms in total. The van der Waals surface area contributed by atoms with Crippen molar-refractivity contribution >= 4 is 5.91 Å². The zero-order valence-corrected chi connectivity index (χ0v) is 10.2. The molecule has 0 aromatic heterocycles. The first-order valence-electron chi connectivity index (χ1n) is 5.77. The molecule has 1 aromatic rings. The zero-order chi connectivity index (χ0) is 12.4. The van der Waals surface area contributed by atoms with Crippen LogP contribution in [0.4, 0.5) is 0 Å². The molecule has 0 aliphatic carbocycles. The molecule has 90 valence electrons. The molecule has 0 saturated carbocycles. The van der Waals surface area contributed by atoms with Gasteiger partial charge < -0.3 is 10.1 Å². The molecular formula is C14H17NO2. The third-order valence-electron chi connectivity index (χ3n) is 2.90. The van der Waals surface area contributed by atoms with Crippen molar-refractivity contribution in [3.8, 4) is 5.75 Å². The van der Waals surface area contributed by atoms with Crippen LogP contribution in [0.5, 0.6) is 5.75 Å². The molecule has 1 heterocycles. The fourth-order valence-corrected chi connectivity index (χ4v) is 1.95. The van der Waals surface area contributed by atoms with Gasteiger partial charge in [-0.1, -0.05) is 24.3 Å². The summed E-state index contributed by atoms with van der Waals surface area (Å²) in [5.41, 5.74) is 2.76. The highest BCUT2D eigenvalue weighted by atomic mass is 16.5. The maximum absolute atomic E-state index is 11.7. The predicted molar refractivity (Wildman–Crippen MR) is 67.0 cm³/mol. The zero-order valence-electron chi connectivity index (χ0n) is 10.2. The normalized spacial score (nSPS) is 17.9. The quantitative estimate of drug-likeness (QED) is 0.794. The third kappa shape index (κ3) is 2.49. The molecule has 1 aliphatic rings. The second-order valence-electron chi connectivity index (χ2n) is 4.48. The first-order chi connectivity index (χ1) is 8.08. The molecular weight excluding hydrogens is 214 g/mol. The van der Waals surface area contributed by atoms with E-state index in [1.807, 2.05) is 19.1 Å². The highest BCUT2D eigenvalue weighted by molar-refractivity contribution is 5.92. The van der Waals surface area contributed by atoms with Crippen molar-refractivity contribution in [3.05, 3.63) is 41.5 Å². The van der Waals surface area contributed by atoms with Gasteiger partial charge >= 0.3 is 0 Å². The summed E-state index contributed by atoms with van der Waals surface area (Å²) in [6.45, 7) is 8.04. The van der Waals surface area contributed by atoms with Gasteiger partial charge in [-0.2, -0.15) is 0 Å². The summed E-state index contributed by atoms with van der Waals surface area (Å²) in [5.74, 6) is 0.776. The van der Waals surface area contributed by atoms with E-state index in [1.165, 1.54) is 5.56 Å². The number of amides is 1. The minimum Gasteiger partial charge on any atom is -0.493 e. The van der Waals surface area contributed by atoms with Crippen LogP contribution in [0.25, 0.3) is 0 Å². The molecule has 1 N–H and O–H groups in total. The van der Waals surface area contributed by atoms with Crippen molar-refractivity contribution in [2.24, 2.45) is 0 Å². The van der Waals surface area contributed by atoms with E-state index in [9.17, 15) is 4.79 Å². The van der Waals surface area contributed by atoms with Gasteiger partial charge in [0.25, 0.3) is 0 Å². The third-order valence-corrected chi connectivity index (χ3v) is 2.90. The molecule has 1 aromatic carbocycles. The summed E-state index contributed by atoms with van der Waals surface area (Å²) in [6, 6.07) is 6.08. The van der Waals surface area contributed by atoms with E-state index in [1.54, 1.807) is 6.92 Å². The topological polar surface area (TPSA) is 38.3 Å². The van der Waals surface area contributed by atoms with E-state index < -0.39 is 0 Å². The Morgan fingerprint density at radius 1 is 1.53 bits per heavy atom. The van der Waals surface area contributed by atoms with Crippen LogP contribution in [0.2, 0.25) is 0 Å². The molecule has 0 bridgehead atoms. The van der Waals surface area contributed by atoms with E-state index in [-0.39, 0.29) is 11.9 Å². The number of benzene rings is 1. The van der Waals surface area contributed by atoms with E-state index in [0.717, 1.165) is 17.7 Å². The summed E-state index contributed by atoms with van der Waals surface area (Å²) in [7, 11) is 0. The Kier molecular flexibility index (Phi) is 3.18. The predicted octanol–water partition coefficient (Wildman–Crippen LogP) is 2.51. The number of fused-ring (bicyclic) bond motifs is 1. The summed E-state index contributed by atoms with van der Waals surface area (Å²) in [5, 5.41) is 2.98. The number of nitrogens with one attached hydrogen (secondary N) is 1. The number of carbonyl (C=O) groups is 1. The van der Waals surface area contributed by atoms with Gasteiger partial charge in [0, 0.05) is 17.6 Å². The largest absolute Gasteiger partial charge is 0.493 e. The van der Waals surface area contributed by atoms with E-state index in [2.05, 4.69) is 18.0 Å². The second-order valence-corrected chi connectivity index (χ2v) is 4.48. The summed E-state index contributed by atoms with van der Waals surface area (Å²) in [4.78, 5) is 11.7. The van der Waals surface area contributed by atoms with Gasteiger partial charge in [-0.15, -0.1) is 0 Å². The Morgan fingerprint density at radius 3 is 3.00 bits per heavy atom. The summed E-state index contributed by atoms with van der Waals surface area (Å²) < 4.78 is 5.58. The molecule has 3 heteroatoms.